The number of amides is 2. The Kier molecular flexibility index (Phi) is 6.49. The Morgan fingerprint density at radius 2 is 1.96 bits per heavy atom. The molecule has 8 nitrogen and oxygen atoms in total. The molecule has 28 heavy (non-hydrogen) atoms. The van der Waals surface area contributed by atoms with Crippen molar-refractivity contribution in [2.45, 2.75) is 11.7 Å². The molecule has 0 aliphatic heterocycles. The van der Waals surface area contributed by atoms with E-state index in [2.05, 4.69) is 15.5 Å². The van der Waals surface area contributed by atoms with Crippen LogP contribution < -0.4 is 5.32 Å². The molecule has 1 aromatic carbocycles. The van der Waals surface area contributed by atoms with Gasteiger partial charge >= 0.3 is 0 Å². The first kappa shape index (κ1) is 19.7. The molecule has 0 saturated carbocycles. The van der Waals surface area contributed by atoms with Crippen molar-refractivity contribution in [3.63, 3.8) is 0 Å². The third-order valence-electron chi connectivity index (χ3n) is 4.04. The molecule has 2 aromatic heterocycles. The minimum Gasteiger partial charge on any atom is -0.467 e. The molecule has 0 aliphatic rings. The van der Waals surface area contributed by atoms with Crippen molar-refractivity contribution in [3.8, 4) is 11.4 Å². The number of carbonyl (C=O) groups excluding carboxylic acids is 2. The van der Waals surface area contributed by atoms with E-state index in [1.165, 1.54) is 16.7 Å². The SMILES string of the molecule is CN(CC(=O)NCc1ccco1)C(=O)CSc1nnc(-c2ccccc2)n1C. The molecule has 0 saturated heterocycles. The number of carbonyl (C=O) groups is 2. The number of benzene rings is 1. The number of nitrogens with one attached hydrogen (secondary N) is 1. The molecule has 2 heterocycles. The first-order valence-electron chi connectivity index (χ1n) is 8.65. The molecule has 0 unspecified atom stereocenters. The lowest BCUT2D eigenvalue weighted by molar-refractivity contribution is -0.132. The van der Waals surface area contributed by atoms with Crippen LogP contribution >= 0.6 is 11.8 Å². The number of furan rings is 1. The number of hydrogen-bond acceptors (Lipinski definition) is 6. The van der Waals surface area contributed by atoms with Gasteiger partial charge in [-0.3, -0.25) is 9.59 Å². The molecule has 146 valence electrons. The Morgan fingerprint density at radius 3 is 2.68 bits per heavy atom. The summed E-state index contributed by atoms with van der Waals surface area (Å²) in [5.41, 5.74) is 0.959. The van der Waals surface area contributed by atoms with E-state index in [9.17, 15) is 9.59 Å². The lowest BCUT2D eigenvalue weighted by Crippen LogP contribution is -2.38. The maximum Gasteiger partial charge on any atom is 0.239 e. The largest absolute Gasteiger partial charge is 0.467 e. The molecule has 0 fully saturated rings. The van der Waals surface area contributed by atoms with Gasteiger partial charge in [-0.05, 0) is 12.1 Å². The summed E-state index contributed by atoms with van der Waals surface area (Å²) in [4.78, 5) is 25.7. The fourth-order valence-electron chi connectivity index (χ4n) is 2.47. The van der Waals surface area contributed by atoms with Crippen molar-refractivity contribution >= 4 is 23.6 Å². The maximum absolute atomic E-state index is 12.3. The van der Waals surface area contributed by atoms with E-state index in [0.29, 0.717) is 17.5 Å². The number of aromatic nitrogens is 3. The van der Waals surface area contributed by atoms with Crippen LogP contribution in [0.25, 0.3) is 11.4 Å². The summed E-state index contributed by atoms with van der Waals surface area (Å²) in [6, 6.07) is 13.3. The first-order valence-corrected chi connectivity index (χ1v) is 9.64. The second-order valence-corrected chi connectivity index (χ2v) is 7.07. The van der Waals surface area contributed by atoms with Gasteiger partial charge in [0.15, 0.2) is 11.0 Å². The molecular weight excluding hydrogens is 378 g/mol. The summed E-state index contributed by atoms with van der Waals surface area (Å²) >= 11 is 1.29. The highest BCUT2D eigenvalue weighted by Crippen LogP contribution is 2.22. The highest BCUT2D eigenvalue weighted by molar-refractivity contribution is 7.99. The van der Waals surface area contributed by atoms with Gasteiger partial charge in [-0.25, -0.2) is 0 Å². The molecule has 0 spiro atoms. The summed E-state index contributed by atoms with van der Waals surface area (Å²) in [5.74, 6) is 1.16. The van der Waals surface area contributed by atoms with Crippen LogP contribution in [0.4, 0.5) is 0 Å². The minimum atomic E-state index is -0.248. The molecule has 2 amide bonds. The van der Waals surface area contributed by atoms with Crippen LogP contribution in [0, 0.1) is 0 Å². The summed E-state index contributed by atoms with van der Waals surface area (Å²) in [7, 11) is 3.46. The quantitative estimate of drug-likeness (QED) is 0.582. The van der Waals surface area contributed by atoms with Gasteiger partial charge in [0.25, 0.3) is 0 Å². The van der Waals surface area contributed by atoms with Crippen LogP contribution in [0.1, 0.15) is 5.76 Å². The van der Waals surface area contributed by atoms with Crippen LogP contribution in [0.15, 0.2) is 58.3 Å². The van der Waals surface area contributed by atoms with E-state index in [1.54, 1.807) is 25.4 Å². The Labute approximate surface area is 166 Å². The van der Waals surface area contributed by atoms with Crippen LogP contribution in [0.2, 0.25) is 0 Å². The number of rotatable bonds is 8. The minimum absolute atomic E-state index is 0.0197. The lowest BCUT2D eigenvalue weighted by Gasteiger charge is -2.16. The number of thioether (sulfide) groups is 1. The molecule has 3 rings (SSSR count). The predicted molar refractivity (Wildman–Crippen MR) is 105 cm³/mol. The number of nitrogens with zero attached hydrogens (tertiary/aromatic N) is 4. The fourth-order valence-corrected chi connectivity index (χ4v) is 3.33. The molecule has 9 heteroatoms. The molecule has 1 N–H and O–H groups in total. The van der Waals surface area contributed by atoms with Gasteiger partial charge in [-0.2, -0.15) is 0 Å². The normalized spacial score (nSPS) is 10.6. The van der Waals surface area contributed by atoms with Gasteiger partial charge in [0, 0.05) is 19.7 Å². The third kappa shape index (κ3) is 5.01. The highest BCUT2D eigenvalue weighted by Gasteiger charge is 2.16. The summed E-state index contributed by atoms with van der Waals surface area (Å²) in [6.07, 6.45) is 1.55. The second-order valence-electron chi connectivity index (χ2n) is 6.13. The topological polar surface area (TPSA) is 93.3 Å². The standard InChI is InChI=1S/C19H21N5O3S/c1-23(12-16(25)20-11-15-9-6-10-27-15)17(26)13-28-19-22-21-18(24(19)2)14-7-4-3-5-8-14/h3-10H,11-13H2,1-2H3,(H,20,25). The zero-order valence-electron chi connectivity index (χ0n) is 15.7. The van der Waals surface area contributed by atoms with Crippen LogP contribution in [0.5, 0.6) is 0 Å². The molecule has 0 aliphatic carbocycles. The molecule has 0 atom stereocenters. The van der Waals surface area contributed by atoms with Crippen molar-refractivity contribution in [2.75, 3.05) is 19.3 Å². The van der Waals surface area contributed by atoms with Crippen molar-refractivity contribution < 1.29 is 14.0 Å². The number of hydrogen-bond donors (Lipinski definition) is 1. The third-order valence-corrected chi connectivity index (χ3v) is 5.04. The van der Waals surface area contributed by atoms with Crippen LogP contribution in [0.3, 0.4) is 0 Å². The Balaban J connectivity index is 1.48. The predicted octanol–water partition coefficient (Wildman–Crippen LogP) is 1.94. The number of likely N-dealkylation sites (N-methyl/N-ethyl adjacent to an activating group) is 1. The zero-order valence-corrected chi connectivity index (χ0v) is 16.5. The van der Waals surface area contributed by atoms with Gasteiger partial charge in [-0.1, -0.05) is 42.1 Å². The van der Waals surface area contributed by atoms with Crippen LogP contribution in [-0.4, -0.2) is 50.8 Å². The van der Waals surface area contributed by atoms with Gasteiger partial charge in [0.2, 0.25) is 11.8 Å². The Morgan fingerprint density at radius 1 is 1.18 bits per heavy atom. The van der Waals surface area contributed by atoms with E-state index >= 15 is 0 Å². The van der Waals surface area contributed by atoms with Crippen molar-refractivity contribution in [1.82, 2.24) is 25.0 Å². The van der Waals surface area contributed by atoms with Crippen molar-refractivity contribution in [2.24, 2.45) is 7.05 Å². The second kappa shape index (κ2) is 9.23. The maximum atomic E-state index is 12.3. The smallest absolute Gasteiger partial charge is 0.239 e. The van der Waals surface area contributed by atoms with Gasteiger partial charge in [0.05, 0.1) is 25.1 Å². The summed E-state index contributed by atoms with van der Waals surface area (Å²) in [5, 5.41) is 11.7. The Bertz CT molecular complexity index is 924. The molecule has 0 bridgehead atoms. The Hall–Kier alpha value is -3.07. The van der Waals surface area contributed by atoms with Crippen molar-refractivity contribution in [1.29, 1.82) is 0 Å². The van der Waals surface area contributed by atoms with E-state index in [0.717, 1.165) is 11.4 Å². The lowest BCUT2D eigenvalue weighted by atomic mass is 10.2. The highest BCUT2D eigenvalue weighted by atomic mass is 32.2. The van der Waals surface area contributed by atoms with Crippen molar-refractivity contribution in [3.05, 3.63) is 54.5 Å². The van der Waals surface area contributed by atoms with E-state index in [1.807, 2.05) is 41.9 Å². The summed E-state index contributed by atoms with van der Waals surface area (Å²) < 4.78 is 7.01. The van der Waals surface area contributed by atoms with E-state index in [-0.39, 0.29) is 24.1 Å². The first-order chi connectivity index (χ1) is 13.5. The molecule has 0 radical (unpaired) electrons. The van der Waals surface area contributed by atoms with Crippen LogP contribution in [-0.2, 0) is 23.2 Å². The van der Waals surface area contributed by atoms with Gasteiger partial charge in [-0.15, -0.1) is 10.2 Å². The van der Waals surface area contributed by atoms with E-state index < -0.39 is 0 Å². The summed E-state index contributed by atoms with van der Waals surface area (Å²) in [6.45, 7) is 0.276. The molecular formula is C19H21N5O3S. The van der Waals surface area contributed by atoms with E-state index in [4.69, 9.17) is 4.42 Å². The average molecular weight is 399 g/mol. The monoisotopic (exact) mass is 399 g/mol. The van der Waals surface area contributed by atoms with Gasteiger partial charge in [0.1, 0.15) is 5.76 Å². The van der Waals surface area contributed by atoms with Gasteiger partial charge < -0.3 is 19.2 Å². The molecule has 3 aromatic rings. The average Bonchev–Trinajstić information content (AvgIpc) is 3.35. The zero-order chi connectivity index (χ0) is 19.9. The fraction of sp³-hybridized carbons (Fsp3) is 0.263.